The summed E-state index contributed by atoms with van der Waals surface area (Å²) in [6.45, 7) is 1.98. The third-order valence-corrected chi connectivity index (χ3v) is 4.22. The van der Waals surface area contributed by atoms with Crippen LogP contribution >= 0.6 is 15.9 Å². The number of rotatable bonds is 4. The van der Waals surface area contributed by atoms with Crippen molar-refractivity contribution in [1.29, 1.82) is 0 Å². The highest BCUT2D eigenvalue weighted by Gasteiger charge is 2.18. The van der Waals surface area contributed by atoms with Crippen LogP contribution in [0.15, 0.2) is 22.7 Å². The molecule has 0 bridgehead atoms. The Kier molecular flexibility index (Phi) is 4.89. The summed E-state index contributed by atoms with van der Waals surface area (Å²) in [5.41, 5.74) is 0.740. The van der Waals surface area contributed by atoms with Crippen LogP contribution in [-0.2, 0) is 11.2 Å². The fourth-order valence-electron chi connectivity index (χ4n) is 2.39. The summed E-state index contributed by atoms with van der Waals surface area (Å²) >= 11 is 3.19. The first kappa shape index (κ1) is 13.7. The first-order valence-corrected chi connectivity index (χ1v) is 7.11. The van der Waals surface area contributed by atoms with Crippen molar-refractivity contribution in [2.45, 2.75) is 25.7 Å². The number of halogens is 2. The summed E-state index contributed by atoms with van der Waals surface area (Å²) in [7, 11) is 0. The summed E-state index contributed by atoms with van der Waals surface area (Å²) in [6.07, 6.45) is 3.16. The lowest BCUT2D eigenvalue weighted by Gasteiger charge is -2.22. The van der Waals surface area contributed by atoms with Gasteiger partial charge in [0.25, 0.3) is 0 Å². The average Bonchev–Trinajstić information content (AvgIpc) is 2.36. The van der Waals surface area contributed by atoms with Gasteiger partial charge in [0, 0.05) is 12.8 Å². The predicted octanol–water partition coefficient (Wildman–Crippen LogP) is 3.09. The molecule has 1 unspecified atom stereocenters. The van der Waals surface area contributed by atoms with E-state index in [2.05, 4.69) is 21.2 Å². The van der Waals surface area contributed by atoms with Gasteiger partial charge in [-0.2, -0.15) is 0 Å². The lowest BCUT2D eigenvalue weighted by Crippen LogP contribution is -2.31. The molecule has 1 aliphatic heterocycles. The van der Waals surface area contributed by atoms with Crippen molar-refractivity contribution in [3.05, 3.63) is 34.1 Å². The molecule has 18 heavy (non-hydrogen) atoms. The first-order valence-electron chi connectivity index (χ1n) is 6.32. The van der Waals surface area contributed by atoms with Crippen molar-refractivity contribution in [2.24, 2.45) is 5.92 Å². The molecule has 2 nitrogen and oxygen atoms in total. The van der Waals surface area contributed by atoms with Crippen molar-refractivity contribution in [2.75, 3.05) is 13.1 Å². The lowest BCUT2D eigenvalue weighted by atomic mass is 9.92. The van der Waals surface area contributed by atoms with Crippen molar-refractivity contribution >= 4 is 21.7 Å². The molecular formula is C14H17BrFNO. The van der Waals surface area contributed by atoms with E-state index in [0.29, 0.717) is 23.2 Å². The molecule has 1 aromatic carbocycles. The molecule has 0 radical (unpaired) electrons. The third kappa shape index (κ3) is 3.62. The SMILES string of the molecule is O=C(Cc1cccc(F)c1Br)CC1CCCNC1. The van der Waals surface area contributed by atoms with Crippen molar-refractivity contribution < 1.29 is 9.18 Å². The summed E-state index contributed by atoms with van der Waals surface area (Å²) in [4.78, 5) is 12.0. The van der Waals surface area contributed by atoms with Gasteiger partial charge in [-0.05, 0) is 59.4 Å². The Labute approximate surface area is 115 Å². The van der Waals surface area contributed by atoms with Gasteiger partial charge < -0.3 is 5.32 Å². The van der Waals surface area contributed by atoms with Crippen LogP contribution in [0, 0.1) is 11.7 Å². The first-order chi connectivity index (χ1) is 8.66. The zero-order valence-electron chi connectivity index (χ0n) is 10.2. The van der Waals surface area contributed by atoms with E-state index in [4.69, 9.17) is 0 Å². The summed E-state index contributed by atoms with van der Waals surface area (Å²) in [5, 5.41) is 3.30. The van der Waals surface area contributed by atoms with Crippen molar-refractivity contribution in [3.63, 3.8) is 0 Å². The fourth-order valence-corrected chi connectivity index (χ4v) is 2.79. The molecule has 0 aromatic heterocycles. The zero-order chi connectivity index (χ0) is 13.0. The lowest BCUT2D eigenvalue weighted by molar-refractivity contribution is -0.119. The van der Waals surface area contributed by atoms with E-state index in [1.165, 1.54) is 6.07 Å². The van der Waals surface area contributed by atoms with Gasteiger partial charge in [0.05, 0.1) is 4.47 Å². The van der Waals surface area contributed by atoms with Gasteiger partial charge in [0.15, 0.2) is 0 Å². The molecule has 2 rings (SSSR count). The molecule has 1 aliphatic rings. The molecule has 0 amide bonds. The van der Waals surface area contributed by atoms with Crippen LogP contribution in [0.25, 0.3) is 0 Å². The Bertz CT molecular complexity index is 430. The summed E-state index contributed by atoms with van der Waals surface area (Å²) < 4.78 is 13.7. The van der Waals surface area contributed by atoms with Crippen molar-refractivity contribution in [1.82, 2.24) is 5.32 Å². The Hall–Kier alpha value is -0.740. The van der Waals surface area contributed by atoms with Crippen LogP contribution in [0.4, 0.5) is 4.39 Å². The molecule has 0 aliphatic carbocycles. The highest BCUT2D eigenvalue weighted by molar-refractivity contribution is 9.10. The zero-order valence-corrected chi connectivity index (χ0v) is 11.8. The minimum absolute atomic E-state index is 0.190. The second-order valence-corrected chi connectivity index (χ2v) is 5.64. The Balaban J connectivity index is 1.92. The van der Waals surface area contributed by atoms with Crippen LogP contribution in [0.2, 0.25) is 0 Å². The molecule has 1 heterocycles. The molecule has 1 N–H and O–H groups in total. The minimum Gasteiger partial charge on any atom is -0.316 e. The molecule has 4 heteroatoms. The predicted molar refractivity (Wildman–Crippen MR) is 73.0 cm³/mol. The average molecular weight is 314 g/mol. The number of carbonyl (C=O) groups is 1. The quantitative estimate of drug-likeness (QED) is 0.925. The van der Waals surface area contributed by atoms with E-state index < -0.39 is 0 Å². The number of carbonyl (C=O) groups excluding carboxylic acids is 1. The van der Waals surface area contributed by atoms with E-state index in [-0.39, 0.29) is 11.6 Å². The Morgan fingerprint density at radius 1 is 1.50 bits per heavy atom. The Morgan fingerprint density at radius 3 is 3.06 bits per heavy atom. The number of ketones is 1. The maximum Gasteiger partial charge on any atom is 0.137 e. The normalized spacial score (nSPS) is 19.8. The van der Waals surface area contributed by atoms with E-state index >= 15 is 0 Å². The van der Waals surface area contributed by atoms with Crippen LogP contribution in [-0.4, -0.2) is 18.9 Å². The molecule has 1 fully saturated rings. The number of piperidine rings is 1. The standard InChI is InChI=1S/C14H17BrFNO/c15-14-11(4-1-5-13(14)16)8-12(18)7-10-3-2-6-17-9-10/h1,4-5,10,17H,2-3,6-9H2. The smallest absolute Gasteiger partial charge is 0.137 e. The van der Waals surface area contributed by atoms with E-state index in [0.717, 1.165) is 31.5 Å². The summed E-state index contributed by atoms with van der Waals surface area (Å²) in [5.74, 6) is 0.327. The van der Waals surface area contributed by atoms with Gasteiger partial charge in [0.2, 0.25) is 0 Å². The third-order valence-electron chi connectivity index (χ3n) is 3.33. The topological polar surface area (TPSA) is 29.1 Å². The number of Topliss-reactive ketones (excluding diaryl/α,β-unsaturated/α-hetero) is 1. The molecule has 1 saturated heterocycles. The molecular weight excluding hydrogens is 297 g/mol. The van der Waals surface area contributed by atoms with Crippen molar-refractivity contribution in [3.8, 4) is 0 Å². The molecule has 1 aromatic rings. The largest absolute Gasteiger partial charge is 0.316 e. The highest BCUT2D eigenvalue weighted by Crippen LogP contribution is 2.22. The van der Waals surface area contributed by atoms with E-state index in [1.54, 1.807) is 12.1 Å². The monoisotopic (exact) mass is 313 g/mol. The maximum absolute atomic E-state index is 13.3. The minimum atomic E-state index is -0.306. The second-order valence-electron chi connectivity index (χ2n) is 4.84. The summed E-state index contributed by atoms with van der Waals surface area (Å²) in [6, 6.07) is 4.83. The van der Waals surface area contributed by atoms with Gasteiger partial charge in [-0.1, -0.05) is 12.1 Å². The fraction of sp³-hybridized carbons (Fsp3) is 0.500. The maximum atomic E-state index is 13.3. The molecule has 0 saturated carbocycles. The Morgan fingerprint density at radius 2 is 2.33 bits per heavy atom. The molecule has 1 atom stereocenters. The number of benzene rings is 1. The van der Waals surface area contributed by atoms with Gasteiger partial charge in [-0.25, -0.2) is 4.39 Å². The van der Waals surface area contributed by atoms with Crippen LogP contribution in [0.3, 0.4) is 0 Å². The van der Waals surface area contributed by atoms with Gasteiger partial charge in [-0.15, -0.1) is 0 Å². The second kappa shape index (κ2) is 6.43. The van der Waals surface area contributed by atoms with Crippen LogP contribution in [0.1, 0.15) is 24.8 Å². The number of hydrogen-bond acceptors (Lipinski definition) is 2. The van der Waals surface area contributed by atoms with E-state index in [1.807, 2.05) is 0 Å². The van der Waals surface area contributed by atoms with Gasteiger partial charge >= 0.3 is 0 Å². The number of hydrogen-bond donors (Lipinski definition) is 1. The van der Waals surface area contributed by atoms with E-state index in [9.17, 15) is 9.18 Å². The highest BCUT2D eigenvalue weighted by atomic mass is 79.9. The van der Waals surface area contributed by atoms with Gasteiger partial charge in [0.1, 0.15) is 11.6 Å². The molecule has 0 spiro atoms. The van der Waals surface area contributed by atoms with Crippen LogP contribution < -0.4 is 5.32 Å². The van der Waals surface area contributed by atoms with Crippen LogP contribution in [0.5, 0.6) is 0 Å². The number of nitrogens with one attached hydrogen (secondary N) is 1. The van der Waals surface area contributed by atoms with Gasteiger partial charge in [-0.3, -0.25) is 4.79 Å². The molecule has 98 valence electrons.